The Morgan fingerprint density at radius 3 is 2.35 bits per heavy atom. The lowest BCUT2D eigenvalue weighted by molar-refractivity contribution is -0.143. The lowest BCUT2D eigenvalue weighted by atomic mass is 10.1. The van der Waals surface area contributed by atoms with Crippen LogP contribution in [0.3, 0.4) is 0 Å². The fourth-order valence-corrected chi connectivity index (χ4v) is 4.29. The number of halogens is 6. The van der Waals surface area contributed by atoms with Crippen molar-refractivity contribution in [3.63, 3.8) is 0 Å². The highest BCUT2D eigenvalue weighted by Crippen LogP contribution is 2.36. The molecule has 2 saturated heterocycles. The molecule has 0 aliphatic carbocycles. The van der Waals surface area contributed by atoms with Crippen molar-refractivity contribution in [2.45, 2.75) is 37.7 Å². The minimum Gasteiger partial charge on any atom is -0.337 e. The normalized spacial score (nSPS) is 20.6. The van der Waals surface area contributed by atoms with Crippen LogP contribution >= 0.6 is 0 Å². The summed E-state index contributed by atoms with van der Waals surface area (Å²) in [5, 5.41) is 3.64. The first-order valence-electron chi connectivity index (χ1n) is 9.92. The minimum absolute atomic E-state index is 0.110. The molecule has 0 bridgehead atoms. The highest BCUT2D eigenvalue weighted by atomic mass is 19.4. The summed E-state index contributed by atoms with van der Waals surface area (Å²) in [5.74, 6) is -0.813. The third-order valence-corrected chi connectivity index (χ3v) is 5.79. The third kappa shape index (κ3) is 4.28. The Hall–Kier alpha value is -2.56. The first kappa shape index (κ1) is 21.7. The van der Waals surface area contributed by atoms with Gasteiger partial charge < -0.3 is 4.90 Å². The lowest BCUT2D eigenvalue weighted by Gasteiger charge is -2.23. The molecule has 31 heavy (non-hydrogen) atoms. The van der Waals surface area contributed by atoms with E-state index in [0.717, 1.165) is 50.3 Å². The zero-order valence-corrected chi connectivity index (χ0v) is 16.4. The largest absolute Gasteiger partial charge is 0.434 e. The Morgan fingerprint density at radius 1 is 1.00 bits per heavy atom. The first-order chi connectivity index (χ1) is 14.6. The quantitative estimate of drug-likeness (QED) is 0.663. The molecule has 0 saturated carbocycles. The molecule has 5 nitrogen and oxygen atoms in total. The third-order valence-electron chi connectivity index (χ3n) is 5.79. The number of carbonyl (C=O) groups excluding carboxylic acids is 1. The number of hydrogen-bond acceptors (Lipinski definition) is 3. The van der Waals surface area contributed by atoms with Gasteiger partial charge in [0, 0.05) is 19.1 Å². The van der Waals surface area contributed by atoms with Crippen molar-refractivity contribution in [2.24, 2.45) is 0 Å². The molecule has 2 fully saturated rings. The molecule has 1 aromatic carbocycles. The molecule has 4 rings (SSSR count). The number of aromatic nitrogens is 2. The lowest BCUT2D eigenvalue weighted by Crippen LogP contribution is -2.37. The van der Waals surface area contributed by atoms with Crippen LogP contribution in [-0.2, 0) is 12.4 Å². The fourth-order valence-electron chi connectivity index (χ4n) is 4.29. The van der Waals surface area contributed by atoms with Gasteiger partial charge in [0.15, 0.2) is 5.69 Å². The van der Waals surface area contributed by atoms with Crippen molar-refractivity contribution in [1.82, 2.24) is 19.6 Å². The number of amides is 1. The standard InChI is InChI=1S/C20H20F6N4O/c21-19(22,23)13-4-3-5-14(10-13)30-17(20(24,25)26)16(11-27-30)18(31)29-9-6-15(12-29)28-7-1-2-8-28/h3-5,10-11,15H,1-2,6-9,12H2. The van der Waals surface area contributed by atoms with Gasteiger partial charge in [0.1, 0.15) is 0 Å². The van der Waals surface area contributed by atoms with E-state index in [4.69, 9.17) is 0 Å². The van der Waals surface area contributed by atoms with Gasteiger partial charge in [0.25, 0.3) is 5.91 Å². The van der Waals surface area contributed by atoms with E-state index in [0.29, 0.717) is 30.3 Å². The summed E-state index contributed by atoms with van der Waals surface area (Å²) in [7, 11) is 0. The number of hydrogen-bond donors (Lipinski definition) is 0. The van der Waals surface area contributed by atoms with Gasteiger partial charge in [-0.2, -0.15) is 31.4 Å². The first-order valence-corrected chi connectivity index (χ1v) is 9.92. The predicted molar refractivity (Wildman–Crippen MR) is 98.7 cm³/mol. The van der Waals surface area contributed by atoms with Crippen molar-refractivity contribution in [3.05, 3.63) is 47.3 Å². The summed E-state index contributed by atoms with van der Waals surface area (Å²) in [6.07, 6.45) is -6.12. The summed E-state index contributed by atoms with van der Waals surface area (Å²) >= 11 is 0. The number of likely N-dealkylation sites (tertiary alicyclic amines) is 2. The average Bonchev–Trinajstić information content (AvgIpc) is 3.46. The van der Waals surface area contributed by atoms with Crippen LogP contribution < -0.4 is 0 Å². The van der Waals surface area contributed by atoms with E-state index in [-0.39, 0.29) is 6.04 Å². The highest BCUT2D eigenvalue weighted by Gasteiger charge is 2.43. The molecule has 1 unspecified atom stereocenters. The van der Waals surface area contributed by atoms with Crippen LogP contribution in [0.15, 0.2) is 30.5 Å². The molecular weight excluding hydrogens is 426 g/mol. The average molecular weight is 446 g/mol. The maximum absolute atomic E-state index is 13.9. The summed E-state index contributed by atoms with van der Waals surface area (Å²) in [5.41, 5.74) is -3.56. The van der Waals surface area contributed by atoms with E-state index in [2.05, 4.69) is 10.00 Å². The van der Waals surface area contributed by atoms with E-state index in [9.17, 15) is 31.1 Å². The number of nitrogens with zero attached hydrogens (tertiary/aromatic N) is 4. The molecule has 2 aromatic rings. The van der Waals surface area contributed by atoms with E-state index in [1.54, 1.807) is 0 Å². The van der Waals surface area contributed by atoms with Crippen LogP contribution in [0.5, 0.6) is 0 Å². The summed E-state index contributed by atoms with van der Waals surface area (Å²) < 4.78 is 81.0. The van der Waals surface area contributed by atoms with E-state index >= 15 is 0 Å². The monoisotopic (exact) mass is 446 g/mol. The number of rotatable bonds is 3. The topological polar surface area (TPSA) is 41.4 Å². The summed E-state index contributed by atoms with van der Waals surface area (Å²) in [6, 6.07) is 3.54. The Morgan fingerprint density at radius 2 is 1.71 bits per heavy atom. The van der Waals surface area contributed by atoms with Gasteiger partial charge in [-0.15, -0.1) is 0 Å². The SMILES string of the molecule is O=C(c1cnn(-c2cccc(C(F)(F)F)c2)c1C(F)(F)F)N1CCC(N2CCCC2)C1. The fraction of sp³-hybridized carbons (Fsp3) is 0.500. The molecule has 0 radical (unpaired) electrons. The van der Waals surface area contributed by atoms with Crippen LogP contribution in [0.25, 0.3) is 5.69 Å². The molecule has 11 heteroatoms. The molecule has 1 amide bonds. The van der Waals surface area contributed by atoms with Gasteiger partial charge in [0.05, 0.1) is 23.0 Å². The number of carbonyl (C=O) groups is 1. The maximum Gasteiger partial charge on any atom is 0.434 e. The van der Waals surface area contributed by atoms with Crippen LogP contribution in [0.1, 0.15) is 40.9 Å². The van der Waals surface area contributed by atoms with Crippen molar-refractivity contribution in [2.75, 3.05) is 26.2 Å². The zero-order chi connectivity index (χ0) is 22.4. The Bertz CT molecular complexity index is 961. The van der Waals surface area contributed by atoms with Crippen LogP contribution in [0.4, 0.5) is 26.3 Å². The Balaban J connectivity index is 1.65. The molecule has 1 atom stereocenters. The molecule has 3 heterocycles. The van der Waals surface area contributed by atoms with Gasteiger partial charge in [-0.05, 0) is 50.6 Å². The minimum atomic E-state index is -4.98. The molecule has 2 aliphatic heterocycles. The second kappa shape index (κ2) is 7.85. The van der Waals surface area contributed by atoms with Gasteiger partial charge >= 0.3 is 12.4 Å². The van der Waals surface area contributed by atoms with Gasteiger partial charge in [0.2, 0.25) is 0 Å². The maximum atomic E-state index is 13.9. The second-order valence-corrected chi connectivity index (χ2v) is 7.80. The van der Waals surface area contributed by atoms with Gasteiger partial charge in [-0.3, -0.25) is 9.69 Å². The van der Waals surface area contributed by atoms with Crippen LogP contribution in [-0.4, -0.2) is 57.7 Å². The smallest absolute Gasteiger partial charge is 0.337 e. The van der Waals surface area contributed by atoms with Crippen molar-refractivity contribution >= 4 is 5.91 Å². The Kier molecular flexibility index (Phi) is 5.48. The van der Waals surface area contributed by atoms with E-state index in [1.165, 1.54) is 4.90 Å². The number of benzene rings is 1. The van der Waals surface area contributed by atoms with Gasteiger partial charge in [-0.25, -0.2) is 4.68 Å². The molecule has 2 aliphatic rings. The van der Waals surface area contributed by atoms with Crippen LogP contribution in [0.2, 0.25) is 0 Å². The number of alkyl halides is 6. The molecule has 1 aromatic heterocycles. The predicted octanol–water partition coefficient (Wildman–Crippen LogP) is 4.22. The summed E-state index contributed by atoms with van der Waals surface area (Å²) in [4.78, 5) is 16.5. The zero-order valence-electron chi connectivity index (χ0n) is 16.4. The Labute approximate surface area is 174 Å². The molecular formula is C20H20F6N4O. The highest BCUT2D eigenvalue weighted by molar-refractivity contribution is 5.95. The van der Waals surface area contributed by atoms with Crippen LogP contribution in [0, 0.1) is 0 Å². The van der Waals surface area contributed by atoms with Crippen molar-refractivity contribution in [3.8, 4) is 5.69 Å². The van der Waals surface area contributed by atoms with Crippen molar-refractivity contribution in [1.29, 1.82) is 0 Å². The molecule has 0 N–H and O–H groups in total. The summed E-state index contributed by atoms with van der Waals surface area (Å²) in [6.45, 7) is 2.47. The molecule has 0 spiro atoms. The molecule has 168 valence electrons. The van der Waals surface area contributed by atoms with E-state index in [1.807, 2.05) is 0 Å². The van der Waals surface area contributed by atoms with E-state index < -0.39 is 40.8 Å². The second-order valence-electron chi connectivity index (χ2n) is 7.80. The van der Waals surface area contributed by atoms with Crippen molar-refractivity contribution < 1.29 is 31.1 Å². The van der Waals surface area contributed by atoms with Gasteiger partial charge in [-0.1, -0.05) is 6.07 Å².